The van der Waals surface area contributed by atoms with E-state index in [1.54, 1.807) is 102 Å². The molecule has 111 heavy (non-hydrogen) atoms. The number of piperazine rings is 1. The predicted molar refractivity (Wildman–Crippen MR) is 439 cm³/mol. The number of carbonyl (C=O) groups excluding carboxylic acids is 3. The van der Waals surface area contributed by atoms with E-state index >= 15 is 0 Å². The van der Waals surface area contributed by atoms with Crippen LogP contribution in [0.4, 0.5) is 28.2 Å². The number of benzene rings is 8. The van der Waals surface area contributed by atoms with E-state index in [-0.39, 0.29) is 51.9 Å². The molecule has 1 N–H and O–H groups in total. The number of carbonyl (C=O) groups is 3. The monoisotopic (exact) mass is 1520 g/mol. The summed E-state index contributed by atoms with van der Waals surface area (Å²) in [5.74, 6) is 2.26. The summed E-state index contributed by atoms with van der Waals surface area (Å²) in [4.78, 5) is 108. The van der Waals surface area contributed by atoms with Crippen LogP contribution in [0, 0.1) is 5.82 Å². The number of aromatic nitrogens is 9. The Hall–Kier alpha value is -11.8. The van der Waals surface area contributed by atoms with Crippen LogP contribution in [0.1, 0.15) is 123 Å². The van der Waals surface area contributed by atoms with Crippen LogP contribution in [0.15, 0.2) is 214 Å². The SMILES string of the molecule is CC(=O)c1ccc2c(=O)n(C)c(N3CCC(=C4c5ccc(Cl)cc5CCc5cccnc54)CC3)nc2c1.CC(=O)c1ccc2c(=O)n(C)c(N3CCC(Nc4nc5ccccc5n4Cc4ccc(F)cc4)CC3)nc2c1.CC(=O)c1ccc2c(=O)n(C)c(N3CCN(C(c4ccccc4)c4ccc(Cl)cc4)CC3)nc2c1. The molecule has 13 aromatic rings. The third-order valence-corrected chi connectivity index (χ3v) is 22.3. The maximum Gasteiger partial charge on any atom is 0.262 e. The highest BCUT2D eigenvalue weighted by Gasteiger charge is 2.31. The summed E-state index contributed by atoms with van der Waals surface area (Å²) in [6, 6.07) is 59.0. The molecular formula is C88H83Cl2FN14O6. The highest BCUT2D eigenvalue weighted by atomic mass is 35.5. The summed E-state index contributed by atoms with van der Waals surface area (Å²) in [5, 5.41) is 6.67. The smallest absolute Gasteiger partial charge is 0.262 e. The molecule has 5 aromatic heterocycles. The molecule has 1 atom stereocenters. The largest absolute Gasteiger partial charge is 0.353 e. The highest BCUT2D eigenvalue weighted by molar-refractivity contribution is 6.31. The lowest BCUT2D eigenvalue weighted by Gasteiger charge is -2.40. The Bertz CT molecular complexity index is 6000. The molecular weight excluding hydrogens is 1440 g/mol. The summed E-state index contributed by atoms with van der Waals surface area (Å²) < 4.78 is 20.4. The van der Waals surface area contributed by atoms with Crippen LogP contribution in [0.5, 0.6) is 0 Å². The number of para-hydroxylation sites is 2. The van der Waals surface area contributed by atoms with E-state index in [0.29, 0.717) is 86.9 Å². The average Bonchev–Trinajstić information content (AvgIpc) is 1.09. The summed E-state index contributed by atoms with van der Waals surface area (Å²) in [6.07, 6.45) is 7.10. The number of aryl methyl sites for hydroxylation is 2. The van der Waals surface area contributed by atoms with E-state index in [1.807, 2.05) is 60.8 Å². The highest BCUT2D eigenvalue weighted by Crippen LogP contribution is 2.40. The molecule has 1 unspecified atom stereocenters. The normalized spacial score (nSPS) is 15.0. The van der Waals surface area contributed by atoms with Gasteiger partial charge < -0.3 is 24.6 Å². The van der Waals surface area contributed by atoms with Crippen LogP contribution in [-0.2, 0) is 40.5 Å². The molecule has 3 fully saturated rings. The second-order valence-corrected chi connectivity index (χ2v) is 29.8. The number of nitrogens with one attached hydrogen (secondary N) is 1. The van der Waals surface area contributed by atoms with E-state index in [4.69, 9.17) is 48.1 Å². The molecule has 3 saturated heterocycles. The first-order chi connectivity index (χ1) is 53.7. The minimum atomic E-state index is -0.253. The molecule has 20 nitrogen and oxygen atoms in total. The van der Waals surface area contributed by atoms with Gasteiger partial charge in [-0.15, -0.1) is 0 Å². The summed E-state index contributed by atoms with van der Waals surface area (Å²) >= 11 is 12.5. The molecule has 3 aliphatic heterocycles. The Labute approximate surface area is 650 Å². The van der Waals surface area contributed by atoms with Gasteiger partial charge in [0.15, 0.2) is 17.3 Å². The number of imidazole rings is 1. The molecule has 23 heteroatoms. The first kappa shape index (κ1) is 74.7. The van der Waals surface area contributed by atoms with E-state index < -0.39 is 0 Å². The van der Waals surface area contributed by atoms with Gasteiger partial charge in [0.25, 0.3) is 16.7 Å². The average molecular weight is 1520 g/mol. The summed E-state index contributed by atoms with van der Waals surface area (Å²) in [7, 11) is 5.27. The number of ketones is 3. The Morgan fingerprint density at radius 3 is 1.53 bits per heavy atom. The van der Waals surface area contributed by atoms with Gasteiger partial charge in [0, 0.05) is 118 Å². The first-order valence-electron chi connectivity index (χ1n) is 37.5. The van der Waals surface area contributed by atoms with Crippen molar-refractivity contribution in [3.05, 3.63) is 303 Å². The Morgan fingerprint density at radius 2 is 0.982 bits per heavy atom. The van der Waals surface area contributed by atoms with Crippen LogP contribution in [0.25, 0.3) is 49.3 Å². The van der Waals surface area contributed by atoms with E-state index in [1.165, 1.54) is 71.9 Å². The van der Waals surface area contributed by atoms with Crippen molar-refractivity contribution >= 4 is 114 Å². The second-order valence-electron chi connectivity index (χ2n) is 28.9. The minimum Gasteiger partial charge on any atom is -0.353 e. The van der Waals surface area contributed by atoms with Crippen molar-refractivity contribution in [3.8, 4) is 0 Å². The molecule has 4 aliphatic rings. The summed E-state index contributed by atoms with van der Waals surface area (Å²) in [6.45, 7) is 11.1. The molecule has 0 radical (unpaired) electrons. The van der Waals surface area contributed by atoms with Crippen LogP contribution in [-0.4, -0.2) is 124 Å². The number of pyridine rings is 1. The van der Waals surface area contributed by atoms with Gasteiger partial charge in [-0.1, -0.05) is 126 Å². The lowest BCUT2D eigenvalue weighted by molar-refractivity contribution is 0.100. The quantitative estimate of drug-likeness (QED) is 0.106. The zero-order valence-corrected chi connectivity index (χ0v) is 64.1. The Kier molecular flexibility index (Phi) is 21.6. The predicted octanol–water partition coefficient (Wildman–Crippen LogP) is 14.8. The zero-order chi connectivity index (χ0) is 77.3. The molecule has 562 valence electrons. The summed E-state index contributed by atoms with van der Waals surface area (Å²) in [5.41, 5.74) is 15.7. The number of nitrogens with zero attached hydrogens (tertiary/aromatic N) is 13. The van der Waals surface area contributed by atoms with Crippen LogP contribution < -0.4 is 36.7 Å². The van der Waals surface area contributed by atoms with Crippen molar-refractivity contribution in [2.24, 2.45) is 21.1 Å². The standard InChI is InChI=1S/C30H27ClN4O2.C30H29FN6O2.C28H27ClN4O2/c1-18(36)21-7-9-25-26(17-21)33-30(34(2)29(25)37)35-14-11-19(12-15-35)27-24-10-8-23(31)16-22(24)6-5-20-4-3-13-32-28(20)27;1-19(38)21-9-12-24-26(17-21)34-30(35(2)28(24)39)36-15-13-23(14-16-36)32-29-33-25-5-3-4-6-27(25)37(29)18-20-7-10-22(31)11-8-20;1-19(34)22-10-13-24-25(18-22)30-28(31(2)27(24)35)33-16-14-32(15-17-33)26(20-6-4-3-5-7-20)21-8-11-23(29)12-9-21/h3-4,7-10,13,16-17H,5-6,11-12,14-15H2,1-2H3;3-12,17,23H,13-16,18H2,1-2H3,(H,32,33);3-13,18,26H,14-17H2,1-2H3. The lowest BCUT2D eigenvalue weighted by Crippen LogP contribution is -2.49. The fourth-order valence-electron chi connectivity index (χ4n) is 15.7. The van der Waals surface area contributed by atoms with E-state index in [2.05, 4.69) is 84.1 Å². The van der Waals surface area contributed by atoms with Crippen LogP contribution in [0.3, 0.4) is 0 Å². The maximum absolute atomic E-state index is 13.5. The molecule has 0 amide bonds. The number of halogens is 3. The number of anilines is 4. The lowest BCUT2D eigenvalue weighted by atomic mass is 9.88. The first-order valence-corrected chi connectivity index (χ1v) is 38.2. The van der Waals surface area contributed by atoms with Crippen LogP contribution in [0.2, 0.25) is 10.0 Å². The maximum atomic E-state index is 13.5. The topological polar surface area (TPSA) is 212 Å². The molecule has 0 bridgehead atoms. The number of piperidine rings is 2. The van der Waals surface area contributed by atoms with Crippen molar-refractivity contribution in [2.75, 3.05) is 72.4 Å². The number of hydrogen-bond donors (Lipinski definition) is 1. The number of Topliss-reactive ketones (excluding diaryl/α,β-unsaturated/α-hetero) is 3. The van der Waals surface area contributed by atoms with Crippen molar-refractivity contribution in [3.63, 3.8) is 0 Å². The van der Waals surface area contributed by atoms with Gasteiger partial charge >= 0.3 is 0 Å². The second kappa shape index (κ2) is 32.0. The molecule has 1 aliphatic carbocycles. The van der Waals surface area contributed by atoms with Gasteiger partial charge in [-0.05, 0) is 184 Å². The van der Waals surface area contributed by atoms with Gasteiger partial charge in [0.05, 0.1) is 62.0 Å². The van der Waals surface area contributed by atoms with E-state index in [0.717, 1.165) is 116 Å². The molecule has 8 aromatic carbocycles. The van der Waals surface area contributed by atoms with Crippen LogP contribution >= 0.6 is 23.2 Å². The van der Waals surface area contributed by atoms with Gasteiger partial charge in [0.2, 0.25) is 23.8 Å². The third-order valence-electron chi connectivity index (χ3n) is 21.8. The molecule has 8 heterocycles. The zero-order valence-electron chi connectivity index (χ0n) is 62.6. The van der Waals surface area contributed by atoms with Gasteiger partial charge in [-0.25, -0.2) is 24.3 Å². The van der Waals surface area contributed by atoms with Gasteiger partial charge in [-0.2, -0.15) is 0 Å². The van der Waals surface area contributed by atoms with E-state index in [9.17, 15) is 33.2 Å². The number of fused-ring (bicyclic) bond motifs is 6. The van der Waals surface area contributed by atoms with Crippen molar-refractivity contribution in [1.82, 2.24) is 48.1 Å². The van der Waals surface area contributed by atoms with Crippen molar-refractivity contribution in [2.45, 2.75) is 77.9 Å². The number of rotatable bonds is 13. The third kappa shape index (κ3) is 15.6. The fourth-order valence-corrected chi connectivity index (χ4v) is 16.1. The Morgan fingerprint density at radius 1 is 0.486 bits per heavy atom. The minimum absolute atomic E-state index is 0.0426. The molecule has 0 saturated carbocycles. The molecule has 0 spiro atoms. The number of hydrogen-bond acceptors (Lipinski definition) is 16. The van der Waals surface area contributed by atoms with Crippen molar-refractivity contribution < 1.29 is 18.8 Å². The fraction of sp³-hybridized carbons (Fsp3) is 0.261. The van der Waals surface area contributed by atoms with Crippen molar-refractivity contribution in [1.29, 1.82) is 0 Å². The van der Waals surface area contributed by atoms with Gasteiger partial charge in [-0.3, -0.25) is 52.4 Å². The molecule has 17 rings (SSSR count). The van der Waals surface area contributed by atoms with Gasteiger partial charge in [0.1, 0.15) is 5.82 Å². The Balaban J connectivity index is 0.000000132.